The van der Waals surface area contributed by atoms with Gasteiger partial charge in [-0.3, -0.25) is 0 Å². The van der Waals surface area contributed by atoms with E-state index in [0.29, 0.717) is 59.9 Å². The molecule has 5 aliphatic rings. The van der Waals surface area contributed by atoms with Crippen LogP contribution in [0.15, 0.2) is 0 Å². The third-order valence-corrected chi connectivity index (χ3v) is 7.14. The van der Waals surface area contributed by atoms with Gasteiger partial charge >= 0.3 is 0 Å². The second-order valence-electron chi connectivity index (χ2n) is 8.11. The van der Waals surface area contributed by atoms with Crippen molar-refractivity contribution >= 4 is 0 Å². The Balaban J connectivity index is 1.56. The first-order valence-electron chi connectivity index (χ1n) is 7.95. The fourth-order valence-corrected chi connectivity index (χ4v) is 6.20. The van der Waals surface area contributed by atoms with Crippen LogP contribution in [0.25, 0.3) is 0 Å². The molecule has 5 rings (SSSR count). The normalized spacial score (nSPS) is 67.6. The van der Waals surface area contributed by atoms with Crippen LogP contribution in [0.3, 0.4) is 0 Å². The Kier molecular flexibility index (Phi) is 1.94. The van der Waals surface area contributed by atoms with Crippen LogP contribution in [0.1, 0.15) is 27.7 Å². The minimum Gasteiger partial charge on any atom is -0.375 e. The first-order valence-corrected chi connectivity index (χ1v) is 7.95. The molecule has 0 spiro atoms. The van der Waals surface area contributed by atoms with E-state index < -0.39 is 0 Å². The number of rotatable bonds is 0. The van der Waals surface area contributed by atoms with E-state index in [1.165, 1.54) is 0 Å². The van der Waals surface area contributed by atoms with E-state index in [9.17, 15) is 0 Å². The summed E-state index contributed by atoms with van der Waals surface area (Å²) in [6.45, 7) is 10.1. The predicted octanol–water partition coefficient (Wildman–Crippen LogP) is 2.09. The monoisotopic (exact) mass is 264 g/mol. The second-order valence-corrected chi connectivity index (χ2v) is 8.11. The molecule has 5 saturated heterocycles. The minimum atomic E-state index is -0.00819. The van der Waals surface area contributed by atoms with Crippen LogP contribution in [0.5, 0.6) is 0 Å². The Morgan fingerprint density at radius 3 is 2.11 bits per heavy atom. The molecule has 19 heavy (non-hydrogen) atoms. The van der Waals surface area contributed by atoms with Crippen molar-refractivity contribution in [3.63, 3.8) is 0 Å². The molecule has 106 valence electrons. The van der Waals surface area contributed by atoms with Gasteiger partial charge in [0.05, 0.1) is 36.6 Å². The molecule has 0 aliphatic carbocycles. The van der Waals surface area contributed by atoms with Crippen LogP contribution < -0.4 is 0 Å². The van der Waals surface area contributed by atoms with Crippen molar-refractivity contribution in [2.24, 2.45) is 35.5 Å². The molecular weight excluding hydrogens is 240 g/mol. The highest BCUT2D eigenvalue weighted by atomic mass is 16.6. The lowest BCUT2D eigenvalue weighted by molar-refractivity contribution is -0.0630. The van der Waals surface area contributed by atoms with Crippen molar-refractivity contribution in [3.05, 3.63) is 0 Å². The average Bonchev–Trinajstić information content (AvgIpc) is 3.07. The summed E-state index contributed by atoms with van der Waals surface area (Å²) in [5.41, 5.74) is -0.00819. The molecule has 5 aliphatic heterocycles. The molecule has 0 amide bonds. The van der Waals surface area contributed by atoms with Gasteiger partial charge in [0.1, 0.15) is 0 Å². The van der Waals surface area contributed by atoms with Crippen molar-refractivity contribution in [2.75, 3.05) is 6.61 Å². The van der Waals surface area contributed by atoms with Crippen molar-refractivity contribution < 1.29 is 14.2 Å². The van der Waals surface area contributed by atoms with Gasteiger partial charge in [-0.1, -0.05) is 13.8 Å². The lowest BCUT2D eigenvalue weighted by Gasteiger charge is -2.41. The van der Waals surface area contributed by atoms with Crippen LogP contribution in [0, 0.1) is 35.5 Å². The van der Waals surface area contributed by atoms with E-state index in [-0.39, 0.29) is 5.60 Å². The van der Waals surface area contributed by atoms with Gasteiger partial charge < -0.3 is 14.2 Å². The standard InChI is InChI=1S/C16H24O3/c1-6-7(2)13-10-9(12(6)18-13)14-8-5-17-16(3,4)11(8)15(10)19-14/h6-15H,5H2,1-4H3. The number of hydrogen-bond donors (Lipinski definition) is 0. The maximum absolute atomic E-state index is 6.46. The summed E-state index contributed by atoms with van der Waals surface area (Å²) in [4.78, 5) is 0. The second kappa shape index (κ2) is 3.20. The zero-order valence-corrected chi connectivity index (χ0v) is 12.2. The van der Waals surface area contributed by atoms with Gasteiger partial charge in [-0.2, -0.15) is 0 Å². The quantitative estimate of drug-likeness (QED) is 0.670. The van der Waals surface area contributed by atoms with Gasteiger partial charge in [0.25, 0.3) is 0 Å². The van der Waals surface area contributed by atoms with Gasteiger partial charge in [-0.25, -0.2) is 0 Å². The van der Waals surface area contributed by atoms with Crippen LogP contribution >= 0.6 is 0 Å². The Bertz CT molecular complexity index is 434. The summed E-state index contributed by atoms with van der Waals surface area (Å²) in [6, 6.07) is 0. The molecule has 5 heterocycles. The first-order chi connectivity index (χ1) is 9.00. The molecule has 0 saturated carbocycles. The fraction of sp³-hybridized carbons (Fsp3) is 1.00. The summed E-state index contributed by atoms with van der Waals surface area (Å²) in [7, 11) is 0. The molecule has 3 nitrogen and oxygen atoms in total. The Morgan fingerprint density at radius 2 is 1.42 bits per heavy atom. The summed E-state index contributed by atoms with van der Waals surface area (Å²) >= 11 is 0. The highest BCUT2D eigenvalue weighted by Gasteiger charge is 2.74. The molecule has 0 N–H and O–H groups in total. The van der Waals surface area contributed by atoms with Crippen LogP contribution in [-0.4, -0.2) is 36.6 Å². The maximum Gasteiger partial charge on any atom is 0.0696 e. The van der Waals surface area contributed by atoms with Gasteiger partial charge in [-0.15, -0.1) is 0 Å². The molecular formula is C16H24O3. The van der Waals surface area contributed by atoms with Crippen LogP contribution in [0.2, 0.25) is 0 Å². The summed E-state index contributed by atoms with van der Waals surface area (Å²) in [5.74, 6) is 3.89. The van der Waals surface area contributed by atoms with E-state index in [4.69, 9.17) is 14.2 Å². The Hall–Kier alpha value is -0.120. The summed E-state index contributed by atoms with van der Waals surface area (Å²) in [5, 5.41) is 0. The highest BCUT2D eigenvalue weighted by Crippen LogP contribution is 2.66. The maximum atomic E-state index is 6.46. The van der Waals surface area contributed by atoms with Crippen LogP contribution in [-0.2, 0) is 14.2 Å². The molecule has 0 radical (unpaired) electrons. The zero-order chi connectivity index (χ0) is 13.1. The summed E-state index contributed by atoms with van der Waals surface area (Å²) < 4.78 is 18.9. The molecule has 4 bridgehead atoms. The number of ether oxygens (including phenoxy) is 3. The van der Waals surface area contributed by atoms with Crippen molar-refractivity contribution in [2.45, 2.75) is 57.7 Å². The highest BCUT2D eigenvalue weighted by molar-refractivity contribution is 5.20. The molecule has 0 aromatic carbocycles. The molecule has 3 heteroatoms. The van der Waals surface area contributed by atoms with Gasteiger partial charge in [0, 0.05) is 23.7 Å². The molecule has 0 aromatic rings. The zero-order valence-electron chi connectivity index (χ0n) is 12.2. The molecule has 10 unspecified atom stereocenters. The van der Waals surface area contributed by atoms with E-state index >= 15 is 0 Å². The van der Waals surface area contributed by atoms with Gasteiger partial charge in [0.2, 0.25) is 0 Å². The molecule has 5 fully saturated rings. The van der Waals surface area contributed by atoms with E-state index in [2.05, 4.69) is 27.7 Å². The van der Waals surface area contributed by atoms with E-state index in [1.807, 2.05) is 0 Å². The lowest BCUT2D eigenvalue weighted by atomic mass is 9.58. The minimum absolute atomic E-state index is 0.00819. The SMILES string of the molecule is CC1C(C)C2OC1C1C3OC(C21)C1C3COC1(C)C. The summed E-state index contributed by atoms with van der Waals surface area (Å²) in [6.07, 6.45) is 1.69. The Morgan fingerprint density at radius 1 is 0.842 bits per heavy atom. The van der Waals surface area contributed by atoms with Crippen LogP contribution in [0.4, 0.5) is 0 Å². The first kappa shape index (κ1) is 11.5. The van der Waals surface area contributed by atoms with Gasteiger partial charge in [-0.05, 0) is 25.7 Å². The fourth-order valence-electron chi connectivity index (χ4n) is 6.20. The van der Waals surface area contributed by atoms with Crippen molar-refractivity contribution in [3.8, 4) is 0 Å². The third-order valence-electron chi connectivity index (χ3n) is 7.14. The topological polar surface area (TPSA) is 27.7 Å². The van der Waals surface area contributed by atoms with Crippen molar-refractivity contribution in [1.29, 1.82) is 0 Å². The average molecular weight is 264 g/mol. The smallest absolute Gasteiger partial charge is 0.0696 e. The van der Waals surface area contributed by atoms with E-state index in [1.54, 1.807) is 0 Å². The largest absolute Gasteiger partial charge is 0.375 e. The third kappa shape index (κ3) is 1.10. The number of hydrogen-bond acceptors (Lipinski definition) is 3. The molecule has 10 atom stereocenters. The molecule has 0 aromatic heterocycles. The number of fused-ring (bicyclic) bond motifs is 12. The van der Waals surface area contributed by atoms with Gasteiger partial charge in [0.15, 0.2) is 0 Å². The van der Waals surface area contributed by atoms with E-state index in [0.717, 1.165) is 6.61 Å². The van der Waals surface area contributed by atoms with Crippen molar-refractivity contribution in [1.82, 2.24) is 0 Å². The Labute approximate surface area is 115 Å². The predicted molar refractivity (Wildman–Crippen MR) is 69.6 cm³/mol. The lowest BCUT2D eigenvalue weighted by Crippen LogP contribution is -2.51.